The first-order chi connectivity index (χ1) is 14.5. The van der Waals surface area contributed by atoms with Gasteiger partial charge in [0.25, 0.3) is 0 Å². The van der Waals surface area contributed by atoms with E-state index in [-0.39, 0.29) is 0 Å². The maximum atomic E-state index is 11.7. The summed E-state index contributed by atoms with van der Waals surface area (Å²) in [7, 11) is 4.02. The molecular formula is C25H23ClN2O2. The van der Waals surface area contributed by atoms with E-state index in [9.17, 15) is 9.59 Å². The Bertz CT molecular complexity index is 1060. The number of nitrogens with zero attached hydrogens (tertiary/aromatic N) is 2. The van der Waals surface area contributed by atoms with Crippen molar-refractivity contribution >= 4 is 41.7 Å². The molecule has 152 valence electrons. The van der Waals surface area contributed by atoms with E-state index in [0.29, 0.717) is 11.6 Å². The van der Waals surface area contributed by atoms with Gasteiger partial charge in [-0.05, 0) is 58.7 Å². The first kappa shape index (κ1) is 21.3. The maximum Gasteiger partial charge on any atom is 0.214 e. The Hall–Kier alpha value is -3.37. The Morgan fingerprint density at radius 1 is 0.867 bits per heavy atom. The standard InChI is InChI=1S/C25H23ClN2O2/c1-27(2)23-12-10-20(11-13-23)21-8-9-22(25(26)16-21)17-28(18-30)24-7-3-5-19(15-24)6-4-14-29/h3-16,18H,17H2,1-2H3/b6-4+. The van der Waals surface area contributed by atoms with Crippen molar-refractivity contribution in [1.82, 2.24) is 0 Å². The zero-order chi connectivity index (χ0) is 21.5. The van der Waals surface area contributed by atoms with Gasteiger partial charge in [-0.15, -0.1) is 0 Å². The van der Waals surface area contributed by atoms with Crippen molar-refractivity contribution in [1.29, 1.82) is 0 Å². The molecule has 0 bridgehead atoms. The van der Waals surface area contributed by atoms with Gasteiger partial charge < -0.3 is 9.80 Å². The van der Waals surface area contributed by atoms with Crippen molar-refractivity contribution in [2.45, 2.75) is 6.54 Å². The van der Waals surface area contributed by atoms with E-state index in [4.69, 9.17) is 11.6 Å². The van der Waals surface area contributed by atoms with Crippen molar-refractivity contribution < 1.29 is 9.59 Å². The molecule has 0 heterocycles. The Morgan fingerprint density at radius 2 is 1.60 bits per heavy atom. The first-order valence-corrected chi connectivity index (χ1v) is 9.89. The lowest BCUT2D eigenvalue weighted by Crippen LogP contribution is -2.20. The average molecular weight is 419 g/mol. The molecule has 3 aromatic carbocycles. The van der Waals surface area contributed by atoms with E-state index in [1.165, 1.54) is 6.08 Å². The maximum absolute atomic E-state index is 11.7. The smallest absolute Gasteiger partial charge is 0.214 e. The van der Waals surface area contributed by atoms with Crippen LogP contribution >= 0.6 is 11.6 Å². The van der Waals surface area contributed by atoms with Gasteiger partial charge in [-0.2, -0.15) is 0 Å². The third-order valence-corrected chi connectivity index (χ3v) is 5.16. The van der Waals surface area contributed by atoms with Crippen molar-refractivity contribution in [3.8, 4) is 11.1 Å². The predicted octanol–water partition coefficient (Wildman–Crippen LogP) is 5.45. The number of anilines is 2. The van der Waals surface area contributed by atoms with Gasteiger partial charge in [0.1, 0.15) is 6.29 Å². The molecule has 0 radical (unpaired) electrons. The van der Waals surface area contributed by atoms with Crippen LogP contribution in [0.4, 0.5) is 11.4 Å². The van der Waals surface area contributed by atoms with Crippen LogP contribution in [0.2, 0.25) is 5.02 Å². The van der Waals surface area contributed by atoms with Gasteiger partial charge in [0.05, 0.1) is 6.54 Å². The normalized spacial score (nSPS) is 10.8. The van der Waals surface area contributed by atoms with Gasteiger partial charge in [0.2, 0.25) is 6.41 Å². The summed E-state index contributed by atoms with van der Waals surface area (Å²) in [6, 6.07) is 21.6. The van der Waals surface area contributed by atoms with Gasteiger partial charge in [0.15, 0.2) is 0 Å². The van der Waals surface area contributed by atoms with Gasteiger partial charge in [0, 0.05) is 30.5 Å². The molecule has 1 amide bonds. The molecular weight excluding hydrogens is 396 g/mol. The van der Waals surface area contributed by atoms with Crippen LogP contribution < -0.4 is 9.80 Å². The summed E-state index contributed by atoms with van der Waals surface area (Å²) in [5.41, 5.74) is 5.66. The molecule has 0 N–H and O–H groups in total. The van der Waals surface area contributed by atoms with Gasteiger partial charge in [-0.3, -0.25) is 9.59 Å². The lowest BCUT2D eigenvalue weighted by molar-refractivity contribution is -0.107. The molecule has 0 unspecified atom stereocenters. The zero-order valence-corrected chi connectivity index (χ0v) is 17.7. The fourth-order valence-electron chi connectivity index (χ4n) is 3.14. The molecule has 0 saturated carbocycles. The second-order valence-corrected chi connectivity index (χ2v) is 7.48. The number of halogens is 1. The number of benzene rings is 3. The van der Waals surface area contributed by atoms with Gasteiger partial charge >= 0.3 is 0 Å². The molecule has 3 aromatic rings. The minimum atomic E-state index is 0.350. The SMILES string of the molecule is CN(C)c1ccc(-c2ccc(CN(C=O)c3cccc(/C=C/C=O)c3)c(Cl)c2)cc1. The third kappa shape index (κ3) is 5.16. The number of hydrogen-bond donors (Lipinski definition) is 0. The van der Waals surface area contributed by atoms with E-state index in [2.05, 4.69) is 29.2 Å². The summed E-state index contributed by atoms with van der Waals surface area (Å²) in [6.45, 7) is 0.350. The number of amides is 1. The van der Waals surface area contributed by atoms with Gasteiger partial charge in [-0.25, -0.2) is 0 Å². The number of rotatable bonds is 8. The molecule has 0 saturated heterocycles. The van der Waals surface area contributed by atoms with Crippen LogP contribution in [0.3, 0.4) is 0 Å². The Balaban J connectivity index is 1.81. The minimum absolute atomic E-state index is 0.350. The van der Waals surface area contributed by atoms with Crippen LogP contribution in [0.1, 0.15) is 11.1 Å². The highest BCUT2D eigenvalue weighted by atomic mass is 35.5. The van der Waals surface area contributed by atoms with E-state index < -0.39 is 0 Å². The molecule has 0 aliphatic heterocycles. The summed E-state index contributed by atoms with van der Waals surface area (Å²) in [5, 5.41) is 0.605. The Labute approximate surface area is 182 Å². The van der Waals surface area contributed by atoms with Crippen LogP contribution in [0.15, 0.2) is 72.8 Å². The summed E-state index contributed by atoms with van der Waals surface area (Å²) < 4.78 is 0. The molecule has 5 heteroatoms. The summed E-state index contributed by atoms with van der Waals surface area (Å²) in [5.74, 6) is 0. The molecule has 0 aliphatic rings. The average Bonchev–Trinajstić information content (AvgIpc) is 2.77. The number of carbonyl (C=O) groups is 2. The van der Waals surface area contributed by atoms with Crippen molar-refractivity contribution in [3.63, 3.8) is 0 Å². The molecule has 0 aliphatic carbocycles. The largest absolute Gasteiger partial charge is 0.378 e. The van der Waals surface area contributed by atoms with E-state index in [0.717, 1.165) is 46.3 Å². The first-order valence-electron chi connectivity index (χ1n) is 9.52. The summed E-state index contributed by atoms with van der Waals surface area (Å²) in [4.78, 5) is 25.9. The molecule has 0 fully saturated rings. The molecule has 3 rings (SSSR count). The number of hydrogen-bond acceptors (Lipinski definition) is 3. The number of allylic oxidation sites excluding steroid dienone is 1. The fourth-order valence-corrected chi connectivity index (χ4v) is 3.38. The molecule has 0 atom stereocenters. The highest BCUT2D eigenvalue weighted by Crippen LogP contribution is 2.29. The van der Waals surface area contributed by atoms with Crippen LogP contribution in [-0.4, -0.2) is 26.8 Å². The zero-order valence-electron chi connectivity index (χ0n) is 17.0. The van der Waals surface area contributed by atoms with Crippen LogP contribution in [0.5, 0.6) is 0 Å². The van der Waals surface area contributed by atoms with E-state index in [1.54, 1.807) is 11.0 Å². The second-order valence-electron chi connectivity index (χ2n) is 7.07. The van der Waals surface area contributed by atoms with E-state index >= 15 is 0 Å². The number of aldehydes is 1. The van der Waals surface area contributed by atoms with Crippen molar-refractivity contribution in [3.05, 3.63) is 89.0 Å². The van der Waals surface area contributed by atoms with E-state index in [1.807, 2.05) is 56.6 Å². The van der Waals surface area contributed by atoms with Crippen LogP contribution in [-0.2, 0) is 16.1 Å². The Kier molecular flexibility index (Phi) is 7.04. The quantitative estimate of drug-likeness (QED) is 0.361. The third-order valence-electron chi connectivity index (χ3n) is 4.81. The molecule has 30 heavy (non-hydrogen) atoms. The van der Waals surface area contributed by atoms with Crippen LogP contribution in [0, 0.1) is 0 Å². The molecule has 4 nitrogen and oxygen atoms in total. The predicted molar refractivity (Wildman–Crippen MR) is 125 cm³/mol. The highest BCUT2D eigenvalue weighted by Gasteiger charge is 2.11. The van der Waals surface area contributed by atoms with Crippen LogP contribution in [0.25, 0.3) is 17.2 Å². The minimum Gasteiger partial charge on any atom is -0.378 e. The van der Waals surface area contributed by atoms with Gasteiger partial charge in [-0.1, -0.05) is 54.1 Å². The monoisotopic (exact) mass is 418 g/mol. The molecule has 0 aromatic heterocycles. The van der Waals surface area contributed by atoms with Crippen molar-refractivity contribution in [2.75, 3.05) is 23.9 Å². The topological polar surface area (TPSA) is 40.6 Å². The molecule has 0 spiro atoms. The highest BCUT2D eigenvalue weighted by molar-refractivity contribution is 6.31. The van der Waals surface area contributed by atoms with Crippen molar-refractivity contribution in [2.24, 2.45) is 0 Å². The summed E-state index contributed by atoms with van der Waals surface area (Å²) in [6.07, 6.45) is 4.63. The number of carbonyl (C=O) groups excluding carboxylic acids is 2. The summed E-state index contributed by atoms with van der Waals surface area (Å²) >= 11 is 6.55. The lowest BCUT2D eigenvalue weighted by atomic mass is 10.0. The lowest BCUT2D eigenvalue weighted by Gasteiger charge is -2.19. The fraction of sp³-hybridized carbons (Fsp3) is 0.120. The Morgan fingerprint density at radius 3 is 2.23 bits per heavy atom. The second kappa shape index (κ2) is 9.90.